The zero-order valence-corrected chi connectivity index (χ0v) is 14.6. The smallest absolute Gasteiger partial charge is 0.490 e. The molecule has 22 heavy (non-hydrogen) atoms. The number of ether oxygens (including phenoxy) is 1. The number of hydrogen-bond acceptors (Lipinski definition) is 3. The summed E-state index contributed by atoms with van der Waals surface area (Å²) < 4.78 is 18.3. The van der Waals surface area contributed by atoms with E-state index in [4.69, 9.17) is 14.0 Å². The van der Waals surface area contributed by atoms with Gasteiger partial charge < -0.3 is 14.0 Å². The first-order valence-corrected chi connectivity index (χ1v) is 8.36. The second-order valence-electron chi connectivity index (χ2n) is 7.86. The third-order valence-electron chi connectivity index (χ3n) is 5.00. The van der Waals surface area contributed by atoms with Crippen LogP contribution in [0.1, 0.15) is 65.9 Å². The molecule has 2 fully saturated rings. The first-order chi connectivity index (χ1) is 10.2. The normalized spacial score (nSPS) is 23.1. The third kappa shape index (κ3) is 2.91. The fourth-order valence-corrected chi connectivity index (χ4v) is 2.62. The average Bonchev–Trinajstić information content (AvgIpc) is 3.17. The molecular formula is C18H27BO3. The van der Waals surface area contributed by atoms with Crippen LogP contribution in [0.3, 0.4) is 0 Å². The summed E-state index contributed by atoms with van der Waals surface area (Å²) >= 11 is 0. The lowest BCUT2D eigenvalue weighted by Gasteiger charge is -2.32. The summed E-state index contributed by atoms with van der Waals surface area (Å²) in [6, 6.07) is 6.34. The van der Waals surface area contributed by atoms with E-state index >= 15 is 0 Å². The van der Waals surface area contributed by atoms with Gasteiger partial charge in [-0.05, 0) is 63.5 Å². The summed E-state index contributed by atoms with van der Waals surface area (Å²) in [7, 11) is -0.308. The van der Waals surface area contributed by atoms with Gasteiger partial charge in [0.1, 0.15) is 5.75 Å². The predicted octanol–water partition coefficient (Wildman–Crippen LogP) is 3.65. The minimum absolute atomic E-state index is 0.307. The Balaban J connectivity index is 1.87. The van der Waals surface area contributed by atoms with E-state index in [2.05, 4.69) is 59.7 Å². The fourth-order valence-electron chi connectivity index (χ4n) is 2.62. The molecule has 3 nitrogen and oxygen atoms in total. The number of rotatable bonds is 4. The van der Waals surface area contributed by atoms with Crippen LogP contribution in [0.2, 0.25) is 0 Å². The Morgan fingerprint density at radius 3 is 2.18 bits per heavy atom. The van der Waals surface area contributed by atoms with Crippen molar-refractivity contribution in [2.75, 3.05) is 0 Å². The molecule has 0 spiro atoms. The third-order valence-corrected chi connectivity index (χ3v) is 5.00. The SMILES string of the molecule is CC(C)c1cc(B2OC(C)(C)C(C)(C)O2)ccc1OC1CC1. The fraction of sp³-hybridized carbons (Fsp3) is 0.667. The lowest BCUT2D eigenvalue weighted by Crippen LogP contribution is -2.41. The molecule has 1 saturated heterocycles. The second kappa shape index (κ2) is 5.28. The highest BCUT2D eigenvalue weighted by Crippen LogP contribution is 2.37. The lowest BCUT2D eigenvalue weighted by atomic mass is 9.77. The maximum Gasteiger partial charge on any atom is 0.494 e. The van der Waals surface area contributed by atoms with Gasteiger partial charge in [0.05, 0.1) is 17.3 Å². The molecule has 0 N–H and O–H groups in total. The Hall–Kier alpha value is -0.995. The van der Waals surface area contributed by atoms with E-state index in [0.717, 1.165) is 11.2 Å². The Kier molecular flexibility index (Phi) is 3.81. The molecule has 2 aliphatic rings. The van der Waals surface area contributed by atoms with Crippen LogP contribution in [-0.4, -0.2) is 24.4 Å². The van der Waals surface area contributed by atoms with Crippen LogP contribution >= 0.6 is 0 Å². The lowest BCUT2D eigenvalue weighted by molar-refractivity contribution is 0.00578. The van der Waals surface area contributed by atoms with Gasteiger partial charge in [0.15, 0.2) is 0 Å². The van der Waals surface area contributed by atoms with E-state index in [-0.39, 0.29) is 18.3 Å². The van der Waals surface area contributed by atoms with Crippen LogP contribution in [0.5, 0.6) is 5.75 Å². The van der Waals surface area contributed by atoms with E-state index in [9.17, 15) is 0 Å². The van der Waals surface area contributed by atoms with Crippen LogP contribution in [-0.2, 0) is 9.31 Å². The first kappa shape index (κ1) is 15.9. The average molecular weight is 302 g/mol. The van der Waals surface area contributed by atoms with E-state index in [0.29, 0.717) is 12.0 Å². The quantitative estimate of drug-likeness (QED) is 0.795. The molecule has 1 aliphatic heterocycles. The molecule has 4 heteroatoms. The molecule has 1 saturated carbocycles. The van der Waals surface area contributed by atoms with Crippen molar-refractivity contribution in [1.82, 2.24) is 0 Å². The Morgan fingerprint density at radius 1 is 1.09 bits per heavy atom. The van der Waals surface area contributed by atoms with Crippen LogP contribution in [0, 0.1) is 0 Å². The van der Waals surface area contributed by atoms with Gasteiger partial charge in [0.2, 0.25) is 0 Å². The van der Waals surface area contributed by atoms with E-state index in [1.807, 2.05) is 0 Å². The molecule has 1 aliphatic carbocycles. The van der Waals surface area contributed by atoms with Gasteiger partial charge in [-0.15, -0.1) is 0 Å². The minimum atomic E-state index is -0.308. The minimum Gasteiger partial charge on any atom is -0.490 e. The largest absolute Gasteiger partial charge is 0.494 e. The van der Waals surface area contributed by atoms with Gasteiger partial charge in [-0.2, -0.15) is 0 Å². The van der Waals surface area contributed by atoms with Crippen molar-refractivity contribution in [1.29, 1.82) is 0 Å². The molecule has 0 unspecified atom stereocenters. The van der Waals surface area contributed by atoms with Crippen molar-refractivity contribution in [3.8, 4) is 5.75 Å². The van der Waals surface area contributed by atoms with E-state index in [1.54, 1.807) is 0 Å². The maximum atomic E-state index is 6.16. The molecule has 1 heterocycles. The molecule has 120 valence electrons. The van der Waals surface area contributed by atoms with Gasteiger partial charge in [-0.1, -0.05) is 26.0 Å². The molecule has 0 radical (unpaired) electrons. The van der Waals surface area contributed by atoms with Gasteiger partial charge in [0.25, 0.3) is 0 Å². The zero-order valence-electron chi connectivity index (χ0n) is 14.6. The highest BCUT2D eigenvalue weighted by atomic mass is 16.7. The summed E-state index contributed by atoms with van der Waals surface area (Å²) in [5.74, 6) is 1.42. The monoisotopic (exact) mass is 302 g/mol. The van der Waals surface area contributed by atoms with Crippen molar-refractivity contribution in [2.24, 2.45) is 0 Å². The van der Waals surface area contributed by atoms with E-state index in [1.165, 1.54) is 18.4 Å². The molecule has 0 atom stereocenters. The predicted molar refractivity (Wildman–Crippen MR) is 89.9 cm³/mol. The molecule has 0 amide bonds. The summed E-state index contributed by atoms with van der Waals surface area (Å²) in [4.78, 5) is 0. The Labute approximate surface area is 134 Å². The molecule has 1 aromatic rings. The highest BCUT2D eigenvalue weighted by Gasteiger charge is 2.51. The van der Waals surface area contributed by atoms with Crippen molar-refractivity contribution in [3.63, 3.8) is 0 Å². The number of benzene rings is 1. The molecule has 1 aromatic carbocycles. The van der Waals surface area contributed by atoms with Crippen LogP contribution < -0.4 is 10.2 Å². The van der Waals surface area contributed by atoms with Crippen LogP contribution in [0.25, 0.3) is 0 Å². The van der Waals surface area contributed by atoms with E-state index < -0.39 is 0 Å². The van der Waals surface area contributed by atoms with Crippen LogP contribution in [0.15, 0.2) is 18.2 Å². The molecule has 0 aromatic heterocycles. The van der Waals surface area contributed by atoms with Crippen molar-refractivity contribution in [2.45, 2.75) is 77.6 Å². The maximum absolute atomic E-state index is 6.16. The summed E-state index contributed by atoms with van der Waals surface area (Å²) in [5, 5.41) is 0. The Bertz CT molecular complexity index is 545. The summed E-state index contributed by atoms with van der Waals surface area (Å²) in [6.07, 6.45) is 2.77. The zero-order chi connectivity index (χ0) is 16.1. The summed E-state index contributed by atoms with van der Waals surface area (Å²) in [5.41, 5.74) is 1.70. The Morgan fingerprint density at radius 2 is 1.68 bits per heavy atom. The van der Waals surface area contributed by atoms with Crippen molar-refractivity contribution < 1.29 is 14.0 Å². The molecule has 3 rings (SSSR count). The first-order valence-electron chi connectivity index (χ1n) is 8.36. The van der Waals surface area contributed by atoms with Crippen molar-refractivity contribution in [3.05, 3.63) is 23.8 Å². The standard InChI is InChI=1S/C18H27BO3/c1-12(2)15-11-13(7-10-16(15)20-14-8-9-14)19-21-17(3,4)18(5,6)22-19/h7,10-12,14H,8-9H2,1-6H3. The molecular weight excluding hydrogens is 275 g/mol. The van der Waals surface area contributed by atoms with Gasteiger partial charge in [-0.3, -0.25) is 0 Å². The van der Waals surface area contributed by atoms with Gasteiger partial charge >= 0.3 is 7.12 Å². The van der Waals surface area contributed by atoms with Crippen molar-refractivity contribution >= 4 is 12.6 Å². The highest BCUT2D eigenvalue weighted by molar-refractivity contribution is 6.62. The topological polar surface area (TPSA) is 27.7 Å². The molecule has 0 bridgehead atoms. The van der Waals surface area contributed by atoms with Gasteiger partial charge in [-0.25, -0.2) is 0 Å². The number of hydrogen-bond donors (Lipinski definition) is 0. The second-order valence-corrected chi connectivity index (χ2v) is 7.86. The van der Waals surface area contributed by atoms with Crippen LogP contribution in [0.4, 0.5) is 0 Å². The summed E-state index contributed by atoms with van der Waals surface area (Å²) in [6.45, 7) is 12.7. The van der Waals surface area contributed by atoms with Gasteiger partial charge in [0, 0.05) is 0 Å².